The van der Waals surface area contributed by atoms with Gasteiger partial charge in [-0.25, -0.2) is 0 Å². The molecule has 0 amide bonds. The molecule has 0 heterocycles. The van der Waals surface area contributed by atoms with Crippen molar-refractivity contribution in [2.24, 2.45) is 0 Å². The average molecular weight is 526 g/mol. The van der Waals surface area contributed by atoms with Crippen molar-refractivity contribution in [2.45, 2.75) is 51.0 Å². The highest BCUT2D eigenvalue weighted by atomic mass is 16.6. The Morgan fingerprint density at radius 3 is 1.59 bits per heavy atom. The van der Waals surface area contributed by atoms with Crippen LogP contribution in [0.4, 0.5) is 0 Å². The molecular formula is C34H39NO4. The van der Waals surface area contributed by atoms with E-state index in [1.165, 1.54) is 0 Å². The standard InChI is InChI=1S/C34H39NO4/c1-27(31-20-12-5-13-21-31)35-32(22-36)34(39-25-30-18-10-4-11-19-30)33(38-24-29-16-8-3-9-17-29)26-37-23-28-14-6-2-7-15-28/h2-21,27,32-36H,22-26H2,1H3/t27-,32-,33+,34+/m1/s1. The molecule has 4 rings (SSSR count). The molecule has 0 unspecified atom stereocenters. The first-order chi connectivity index (χ1) is 19.2. The quantitative estimate of drug-likeness (QED) is 0.186. The Morgan fingerprint density at radius 1 is 0.615 bits per heavy atom. The van der Waals surface area contributed by atoms with Crippen LogP contribution >= 0.6 is 0 Å². The Bertz CT molecular complexity index is 1180. The first-order valence-corrected chi connectivity index (χ1v) is 13.6. The van der Waals surface area contributed by atoms with Gasteiger partial charge in [0.2, 0.25) is 0 Å². The summed E-state index contributed by atoms with van der Waals surface area (Å²) in [5.74, 6) is 0. The Labute approximate surface area is 232 Å². The molecule has 2 N–H and O–H groups in total. The van der Waals surface area contributed by atoms with Gasteiger partial charge in [0.05, 0.1) is 39.1 Å². The fourth-order valence-corrected chi connectivity index (χ4v) is 4.54. The highest BCUT2D eigenvalue weighted by Gasteiger charge is 2.32. The van der Waals surface area contributed by atoms with E-state index in [0.717, 1.165) is 22.3 Å². The Morgan fingerprint density at radius 2 is 1.08 bits per heavy atom. The minimum absolute atomic E-state index is 0.00573. The van der Waals surface area contributed by atoms with Crippen molar-refractivity contribution in [1.82, 2.24) is 5.32 Å². The van der Waals surface area contributed by atoms with E-state index in [1.54, 1.807) is 0 Å². The second-order valence-corrected chi connectivity index (χ2v) is 9.69. The Balaban J connectivity index is 1.54. The van der Waals surface area contributed by atoms with E-state index in [9.17, 15) is 5.11 Å². The summed E-state index contributed by atoms with van der Waals surface area (Å²) in [5.41, 5.74) is 4.36. The Hall–Kier alpha value is -3.32. The average Bonchev–Trinajstić information content (AvgIpc) is 3.00. The van der Waals surface area contributed by atoms with Crippen molar-refractivity contribution in [2.75, 3.05) is 13.2 Å². The number of hydrogen-bond donors (Lipinski definition) is 2. The van der Waals surface area contributed by atoms with Crippen LogP contribution in [-0.2, 0) is 34.0 Å². The van der Waals surface area contributed by atoms with E-state index in [4.69, 9.17) is 14.2 Å². The van der Waals surface area contributed by atoms with Gasteiger partial charge >= 0.3 is 0 Å². The normalized spacial score (nSPS) is 14.4. The maximum atomic E-state index is 10.6. The minimum Gasteiger partial charge on any atom is -0.395 e. The summed E-state index contributed by atoms with van der Waals surface area (Å²) in [5, 5.41) is 14.2. The van der Waals surface area contributed by atoms with Crippen molar-refractivity contribution in [1.29, 1.82) is 0 Å². The molecule has 0 fully saturated rings. The first kappa shape index (κ1) is 28.7. The second kappa shape index (κ2) is 15.9. The van der Waals surface area contributed by atoms with Gasteiger partial charge in [-0.3, -0.25) is 0 Å². The van der Waals surface area contributed by atoms with Crippen molar-refractivity contribution in [3.8, 4) is 0 Å². The molecule has 0 aliphatic carbocycles. The van der Waals surface area contributed by atoms with E-state index in [2.05, 4.69) is 24.4 Å². The zero-order chi connectivity index (χ0) is 27.1. The molecule has 0 aliphatic heterocycles. The van der Waals surface area contributed by atoms with Gasteiger partial charge in [-0.05, 0) is 29.2 Å². The van der Waals surface area contributed by atoms with Crippen LogP contribution in [0.25, 0.3) is 0 Å². The highest BCUT2D eigenvalue weighted by Crippen LogP contribution is 2.20. The number of rotatable bonds is 16. The molecule has 4 atom stereocenters. The van der Waals surface area contributed by atoms with Crippen molar-refractivity contribution in [3.05, 3.63) is 144 Å². The van der Waals surface area contributed by atoms with Gasteiger partial charge in [-0.15, -0.1) is 0 Å². The number of hydrogen-bond acceptors (Lipinski definition) is 5. The summed E-state index contributed by atoms with van der Waals surface area (Å²) in [6, 6.07) is 40.1. The van der Waals surface area contributed by atoms with Crippen LogP contribution in [0.15, 0.2) is 121 Å². The number of aliphatic hydroxyl groups is 1. The third kappa shape index (κ3) is 9.43. The molecule has 5 nitrogen and oxygen atoms in total. The van der Waals surface area contributed by atoms with Crippen molar-refractivity contribution < 1.29 is 19.3 Å². The van der Waals surface area contributed by atoms with Crippen LogP contribution in [0.5, 0.6) is 0 Å². The number of nitrogens with one attached hydrogen (secondary N) is 1. The maximum absolute atomic E-state index is 10.6. The van der Waals surface area contributed by atoms with Crippen LogP contribution in [0, 0.1) is 0 Å². The van der Waals surface area contributed by atoms with E-state index < -0.39 is 12.2 Å². The third-order valence-corrected chi connectivity index (χ3v) is 6.71. The number of aliphatic hydroxyl groups excluding tert-OH is 1. The molecule has 0 saturated carbocycles. The van der Waals surface area contributed by atoms with Crippen LogP contribution in [-0.4, -0.2) is 36.6 Å². The van der Waals surface area contributed by atoms with Gasteiger partial charge in [0.15, 0.2) is 0 Å². The van der Waals surface area contributed by atoms with Gasteiger partial charge < -0.3 is 24.6 Å². The van der Waals surface area contributed by atoms with Crippen molar-refractivity contribution in [3.63, 3.8) is 0 Å². The zero-order valence-corrected chi connectivity index (χ0v) is 22.6. The van der Waals surface area contributed by atoms with Gasteiger partial charge in [0.1, 0.15) is 12.2 Å². The summed E-state index contributed by atoms with van der Waals surface area (Å²) >= 11 is 0. The molecule has 204 valence electrons. The first-order valence-electron chi connectivity index (χ1n) is 13.6. The van der Waals surface area contributed by atoms with E-state index >= 15 is 0 Å². The second-order valence-electron chi connectivity index (χ2n) is 9.69. The van der Waals surface area contributed by atoms with Gasteiger partial charge in [0, 0.05) is 6.04 Å². The van der Waals surface area contributed by atoms with Crippen molar-refractivity contribution >= 4 is 0 Å². The number of ether oxygens (including phenoxy) is 3. The lowest BCUT2D eigenvalue weighted by Crippen LogP contribution is -2.52. The smallest absolute Gasteiger partial charge is 0.109 e. The summed E-state index contributed by atoms with van der Waals surface area (Å²) in [7, 11) is 0. The zero-order valence-electron chi connectivity index (χ0n) is 22.6. The van der Waals surface area contributed by atoms with Gasteiger partial charge in [-0.2, -0.15) is 0 Å². The SMILES string of the molecule is C[C@@H](N[C@H](CO)[C@H](OCc1ccccc1)[C@H](COCc1ccccc1)OCc1ccccc1)c1ccccc1. The highest BCUT2D eigenvalue weighted by molar-refractivity contribution is 5.19. The van der Waals surface area contributed by atoms with E-state index in [-0.39, 0.29) is 18.7 Å². The predicted octanol–water partition coefficient (Wildman–Crippen LogP) is 6.09. The van der Waals surface area contributed by atoms with Crippen LogP contribution < -0.4 is 5.32 Å². The summed E-state index contributed by atoms with van der Waals surface area (Å²) in [6.45, 7) is 3.58. The molecule has 0 radical (unpaired) electrons. The minimum atomic E-state index is -0.471. The third-order valence-electron chi connectivity index (χ3n) is 6.71. The maximum Gasteiger partial charge on any atom is 0.109 e. The lowest BCUT2D eigenvalue weighted by atomic mass is 10.0. The summed E-state index contributed by atoms with van der Waals surface area (Å²) < 4.78 is 19.2. The number of benzene rings is 4. The predicted molar refractivity (Wildman–Crippen MR) is 155 cm³/mol. The topological polar surface area (TPSA) is 60.0 Å². The molecule has 39 heavy (non-hydrogen) atoms. The Kier molecular flexibility index (Phi) is 11.7. The molecular weight excluding hydrogens is 486 g/mol. The van der Waals surface area contributed by atoms with Crippen LogP contribution in [0.3, 0.4) is 0 Å². The fraction of sp³-hybridized carbons (Fsp3) is 0.294. The molecule has 0 saturated heterocycles. The molecule has 4 aromatic carbocycles. The van der Waals surface area contributed by atoms with Gasteiger partial charge in [0.25, 0.3) is 0 Å². The van der Waals surface area contributed by atoms with Gasteiger partial charge in [-0.1, -0.05) is 121 Å². The fourth-order valence-electron chi connectivity index (χ4n) is 4.54. The molecule has 0 bridgehead atoms. The molecule has 0 aromatic heterocycles. The summed E-state index contributed by atoms with van der Waals surface area (Å²) in [6.07, 6.45) is -0.897. The lowest BCUT2D eigenvalue weighted by Gasteiger charge is -2.35. The largest absolute Gasteiger partial charge is 0.395 e. The van der Waals surface area contributed by atoms with Crippen LogP contribution in [0.1, 0.15) is 35.2 Å². The van der Waals surface area contributed by atoms with Crippen LogP contribution in [0.2, 0.25) is 0 Å². The summed E-state index contributed by atoms with van der Waals surface area (Å²) in [4.78, 5) is 0. The molecule has 0 aliphatic rings. The van der Waals surface area contributed by atoms with E-state index in [1.807, 2.05) is 109 Å². The molecule has 5 heteroatoms. The molecule has 4 aromatic rings. The monoisotopic (exact) mass is 525 g/mol. The molecule has 0 spiro atoms. The van der Waals surface area contributed by atoms with E-state index in [0.29, 0.717) is 26.4 Å². The lowest BCUT2D eigenvalue weighted by molar-refractivity contribution is -0.133.